The minimum atomic E-state index is -4.05. The summed E-state index contributed by atoms with van der Waals surface area (Å²) in [5.41, 5.74) is 1.63. The van der Waals surface area contributed by atoms with Crippen LogP contribution in [0.1, 0.15) is 21.5 Å². The number of hydrogen-bond donors (Lipinski definition) is 3. The van der Waals surface area contributed by atoms with Gasteiger partial charge in [-0.1, -0.05) is 17.7 Å². The van der Waals surface area contributed by atoms with Gasteiger partial charge in [0.2, 0.25) is 0 Å². The van der Waals surface area contributed by atoms with E-state index in [1.807, 2.05) is 11.6 Å². The van der Waals surface area contributed by atoms with E-state index < -0.39 is 22.0 Å². The van der Waals surface area contributed by atoms with Crippen LogP contribution in [-0.4, -0.2) is 52.0 Å². The third-order valence-electron chi connectivity index (χ3n) is 4.18. The summed E-state index contributed by atoms with van der Waals surface area (Å²) in [5.74, 6) is -1.12. The summed E-state index contributed by atoms with van der Waals surface area (Å²) in [6.07, 6.45) is 0.283. The second kappa shape index (κ2) is 11.4. The number of sulfonamides is 1. The molecule has 0 aromatic heterocycles. The molecule has 3 N–H and O–H groups in total. The van der Waals surface area contributed by atoms with E-state index in [1.165, 1.54) is 30.3 Å². The average molecular weight is 450 g/mol. The lowest BCUT2D eigenvalue weighted by Crippen LogP contribution is -2.34. The molecule has 0 aliphatic heterocycles. The molecule has 2 amide bonds. The number of aromatic carboxylic acids is 1. The van der Waals surface area contributed by atoms with Crippen LogP contribution >= 0.6 is 0 Å². The van der Waals surface area contributed by atoms with Gasteiger partial charge in [0.15, 0.2) is 0 Å². The zero-order valence-electron chi connectivity index (χ0n) is 17.1. The molecule has 2 aromatic rings. The Morgan fingerprint density at radius 1 is 1.03 bits per heavy atom. The van der Waals surface area contributed by atoms with Gasteiger partial charge in [-0.25, -0.2) is 22.7 Å². The third-order valence-corrected chi connectivity index (χ3v) is 5.53. The van der Waals surface area contributed by atoms with Crippen LogP contribution in [-0.2, 0) is 25.9 Å². The van der Waals surface area contributed by atoms with Crippen molar-refractivity contribution in [3.8, 4) is 0 Å². The predicted octanol–water partition coefficient (Wildman–Crippen LogP) is 2.61. The van der Waals surface area contributed by atoms with Crippen molar-refractivity contribution in [2.75, 3.05) is 31.7 Å². The minimum Gasteiger partial charge on any atom is -0.478 e. The van der Waals surface area contributed by atoms with Gasteiger partial charge in [-0.15, -0.1) is 0 Å². The normalized spacial score (nSPS) is 11.2. The van der Waals surface area contributed by atoms with Crippen LogP contribution < -0.4 is 10.0 Å². The van der Waals surface area contributed by atoms with Gasteiger partial charge in [0.05, 0.1) is 30.3 Å². The molecular formula is C21H25N2O7S. The fraction of sp³-hybridized carbons (Fsp3) is 0.286. The Morgan fingerprint density at radius 2 is 1.71 bits per heavy atom. The van der Waals surface area contributed by atoms with Gasteiger partial charge in [-0.3, -0.25) is 0 Å². The van der Waals surface area contributed by atoms with Crippen LogP contribution in [0.4, 0.5) is 10.5 Å². The second-order valence-corrected chi connectivity index (χ2v) is 8.21. The van der Waals surface area contributed by atoms with E-state index in [1.54, 1.807) is 12.1 Å². The highest BCUT2D eigenvalue weighted by Crippen LogP contribution is 2.18. The molecule has 2 aromatic carbocycles. The van der Waals surface area contributed by atoms with E-state index in [9.17, 15) is 23.1 Å². The van der Waals surface area contributed by atoms with Gasteiger partial charge >= 0.3 is 12.0 Å². The zero-order chi connectivity index (χ0) is 22.9. The summed E-state index contributed by atoms with van der Waals surface area (Å²) < 4.78 is 37.0. The number of hydrogen-bond acceptors (Lipinski definition) is 6. The van der Waals surface area contributed by atoms with E-state index in [2.05, 4.69) is 12.2 Å². The summed E-state index contributed by atoms with van der Waals surface area (Å²) >= 11 is 0. The predicted molar refractivity (Wildman–Crippen MR) is 115 cm³/mol. The molecule has 0 atom stereocenters. The second-order valence-electron chi connectivity index (χ2n) is 6.52. The SMILES string of the molecule is [CH2]COCCOCCc1cc(NC(=O)NS(=O)(=O)c2ccc(C)cc2)ccc1C(=O)O. The highest BCUT2D eigenvalue weighted by atomic mass is 32.2. The molecule has 2 rings (SSSR count). The maximum Gasteiger partial charge on any atom is 0.335 e. The number of aryl methyl sites for hydroxylation is 1. The maximum absolute atomic E-state index is 12.3. The molecule has 0 aliphatic rings. The van der Waals surface area contributed by atoms with Gasteiger partial charge in [-0.2, -0.15) is 0 Å². The first kappa shape index (κ1) is 24.3. The molecule has 167 valence electrons. The molecule has 31 heavy (non-hydrogen) atoms. The number of carbonyl (C=O) groups is 2. The van der Waals surface area contributed by atoms with Crippen molar-refractivity contribution in [3.05, 3.63) is 66.1 Å². The first-order valence-electron chi connectivity index (χ1n) is 9.44. The molecule has 0 fully saturated rings. The molecule has 1 radical (unpaired) electrons. The van der Waals surface area contributed by atoms with E-state index in [0.717, 1.165) is 5.56 Å². The number of rotatable bonds is 11. The summed E-state index contributed by atoms with van der Waals surface area (Å²) in [5, 5.41) is 11.8. The molecule has 10 heteroatoms. The summed E-state index contributed by atoms with van der Waals surface area (Å²) in [7, 11) is -4.05. The Hall–Kier alpha value is -2.95. The van der Waals surface area contributed by atoms with E-state index in [4.69, 9.17) is 9.47 Å². The van der Waals surface area contributed by atoms with Crippen LogP contribution in [0.5, 0.6) is 0 Å². The molecule has 0 aliphatic carbocycles. The topological polar surface area (TPSA) is 131 Å². The van der Waals surface area contributed by atoms with E-state index >= 15 is 0 Å². The number of carboxylic acids is 1. The van der Waals surface area contributed by atoms with Gasteiger partial charge in [-0.05, 0) is 56.2 Å². The Labute approximate surface area is 181 Å². The Balaban J connectivity index is 2.03. The Morgan fingerprint density at radius 3 is 2.35 bits per heavy atom. The van der Waals surface area contributed by atoms with Gasteiger partial charge in [0.25, 0.3) is 10.0 Å². The zero-order valence-corrected chi connectivity index (χ0v) is 17.9. The fourth-order valence-corrected chi connectivity index (χ4v) is 3.55. The molecule has 0 saturated carbocycles. The number of benzene rings is 2. The number of urea groups is 1. The smallest absolute Gasteiger partial charge is 0.335 e. The molecule has 0 heterocycles. The van der Waals surface area contributed by atoms with Crippen LogP contribution in [0.25, 0.3) is 0 Å². The minimum absolute atomic E-state index is 0.0462. The molecule has 0 bridgehead atoms. The van der Waals surface area contributed by atoms with Crippen molar-refractivity contribution in [1.29, 1.82) is 0 Å². The molecule has 0 spiro atoms. The highest BCUT2D eigenvalue weighted by Gasteiger charge is 2.18. The number of nitrogens with one attached hydrogen (secondary N) is 2. The fourth-order valence-electron chi connectivity index (χ4n) is 2.65. The largest absolute Gasteiger partial charge is 0.478 e. The monoisotopic (exact) mass is 449 g/mol. The van der Waals surface area contributed by atoms with Crippen molar-refractivity contribution < 1.29 is 32.6 Å². The summed E-state index contributed by atoms with van der Waals surface area (Å²) in [4.78, 5) is 23.6. The van der Waals surface area contributed by atoms with Crippen molar-refractivity contribution >= 4 is 27.7 Å². The standard InChI is InChI=1S/C21H25N2O7S/c1-3-29-12-13-30-11-10-16-14-17(6-9-19(16)20(24)25)22-21(26)23-31(27,28)18-7-4-15(2)5-8-18/h4-9,14H,1,3,10-13H2,2H3,(H,24,25)(H2,22,23,26). The van der Waals surface area contributed by atoms with Crippen molar-refractivity contribution in [2.24, 2.45) is 0 Å². The third kappa shape index (κ3) is 7.67. The van der Waals surface area contributed by atoms with Gasteiger partial charge < -0.3 is 19.9 Å². The van der Waals surface area contributed by atoms with Crippen LogP contribution in [0.3, 0.4) is 0 Å². The van der Waals surface area contributed by atoms with Gasteiger partial charge in [0, 0.05) is 12.3 Å². The Kier molecular flexibility index (Phi) is 8.98. The van der Waals surface area contributed by atoms with Crippen LogP contribution in [0, 0.1) is 13.8 Å². The Bertz CT molecular complexity index is 1000. The lowest BCUT2D eigenvalue weighted by Gasteiger charge is -2.12. The maximum atomic E-state index is 12.3. The number of anilines is 1. The summed E-state index contributed by atoms with van der Waals surface area (Å²) in [6.45, 7) is 6.66. The van der Waals surface area contributed by atoms with Crippen molar-refractivity contribution in [3.63, 3.8) is 0 Å². The lowest BCUT2D eigenvalue weighted by atomic mass is 10.0. The number of carboxylic acid groups (broad SMARTS) is 1. The van der Waals surface area contributed by atoms with E-state index in [0.29, 0.717) is 25.4 Å². The summed E-state index contributed by atoms with van der Waals surface area (Å²) in [6, 6.07) is 9.27. The highest BCUT2D eigenvalue weighted by molar-refractivity contribution is 7.90. The lowest BCUT2D eigenvalue weighted by molar-refractivity contribution is 0.0588. The first-order valence-corrected chi connectivity index (χ1v) is 10.9. The number of amides is 2. The quantitative estimate of drug-likeness (QED) is 0.449. The van der Waals surface area contributed by atoms with Crippen molar-refractivity contribution in [1.82, 2.24) is 4.72 Å². The van der Waals surface area contributed by atoms with Crippen LogP contribution in [0.15, 0.2) is 47.4 Å². The average Bonchev–Trinajstić information content (AvgIpc) is 2.70. The molecule has 9 nitrogen and oxygen atoms in total. The first-order chi connectivity index (χ1) is 14.7. The van der Waals surface area contributed by atoms with Crippen molar-refractivity contribution in [2.45, 2.75) is 18.2 Å². The molecule has 0 unspecified atom stereocenters. The molecular weight excluding hydrogens is 424 g/mol. The van der Waals surface area contributed by atoms with Crippen LogP contribution in [0.2, 0.25) is 0 Å². The number of carbonyl (C=O) groups excluding carboxylic acids is 1. The van der Waals surface area contributed by atoms with E-state index in [-0.39, 0.29) is 29.2 Å². The number of ether oxygens (including phenoxy) is 2. The van der Waals surface area contributed by atoms with Gasteiger partial charge in [0.1, 0.15) is 0 Å². The molecule has 0 saturated heterocycles.